The Labute approximate surface area is 168 Å². The van der Waals surface area contributed by atoms with Gasteiger partial charge >= 0.3 is 6.61 Å². The van der Waals surface area contributed by atoms with E-state index >= 15 is 0 Å². The molecule has 0 bridgehead atoms. The van der Waals surface area contributed by atoms with Crippen LogP contribution in [0.25, 0.3) is 11.0 Å². The number of H-pyrrole nitrogens is 1. The number of ether oxygens (including phenoxy) is 1. The molecule has 2 N–H and O–H groups in total. The van der Waals surface area contributed by atoms with Crippen molar-refractivity contribution in [3.05, 3.63) is 45.6 Å². The molecule has 0 saturated heterocycles. The number of nitrogens with zero attached hydrogens (tertiary/aromatic N) is 4. The summed E-state index contributed by atoms with van der Waals surface area (Å²) in [5.74, 6) is -1.06. The molecule has 1 aromatic carbocycles. The van der Waals surface area contributed by atoms with Crippen LogP contribution in [0.2, 0.25) is 0 Å². The van der Waals surface area contributed by atoms with Crippen molar-refractivity contribution in [3.8, 4) is 5.75 Å². The smallest absolute Gasteiger partial charge is 0.387 e. The van der Waals surface area contributed by atoms with Gasteiger partial charge in [-0.05, 0) is 36.5 Å². The van der Waals surface area contributed by atoms with Crippen LogP contribution in [0, 0.1) is 11.7 Å². The minimum atomic E-state index is -3.13. The number of halogens is 3. The van der Waals surface area contributed by atoms with E-state index < -0.39 is 36.4 Å². The number of hydrogen-bond acceptors (Lipinski definition) is 6. The summed E-state index contributed by atoms with van der Waals surface area (Å²) in [5, 5.41) is 14.3. The summed E-state index contributed by atoms with van der Waals surface area (Å²) in [7, 11) is 3.43. The summed E-state index contributed by atoms with van der Waals surface area (Å²) in [6.45, 7) is -3.60. The highest BCUT2D eigenvalue weighted by Gasteiger charge is 2.37. The lowest BCUT2D eigenvalue weighted by Gasteiger charge is -2.19. The van der Waals surface area contributed by atoms with Gasteiger partial charge in [-0.2, -0.15) is 18.9 Å². The Morgan fingerprint density at radius 1 is 1.37 bits per heavy atom. The monoisotopic (exact) mass is 423 g/mol. The Kier molecular flexibility index (Phi) is 5.14. The van der Waals surface area contributed by atoms with Gasteiger partial charge in [0.1, 0.15) is 11.1 Å². The van der Waals surface area contributed by atoms with Gasteiger partial charge in [0.2, 0.25) is 5.95 Å². The van der Waals surface area contributed by atoms with Gasteiger partial charge < -0.3 is 14.7 Å². The third kappa shape index (κ3) is 3.60. The predicted octanol–water partition coefficient (Wildman–Crippen LogP) is 2.42. The maximum absolute atomic E-state index is 14.4. The molecule has 1 unspecified atom stereocenters. The highest BCUT2D eigenvalue weighted by molar-refractivity contribution is 5.78. The Bertz CT molecular complexity index is 1140. The minimum absolute atomic E-state index is 0.102. The first-order valence-electron chi connectivity index (χ1n) is 9.34. The molecule has 0 radical (unpaired) electrons. The second-order valence-corrected chi connectivity index (χ2v) is 7.38. The number of fused-ring (bicyclic) bond motifs is 1. The van der Waals surface area contributed by atoms with Crippen LogP contribution in [0.5, 0.6) is 5.75 Å². The van der Waals surface area contributed by atoms with Crippen molar-refractivity contribution in [2.45, 2.75) is 32.1 Å². The predicted molar refractivity (Wildman–Crippen MR) is 102 cm³/mol. The summed E-state index contributed by atoms with van der Waals surface area (Å²) >= 11 is 0. The van der Waals surface area contributed by atoms with Gasteiger partial charge in [-0.25, -0.2) is 9.07 Å². The summed E-state index contributed by atoms with van der Waals surface area (Å²) in [4.78, 5) is 21.4. The number of rotatable bonds is 7. The molecule has 1 saturated carbocycles. The van der Waals surface area contributed by atoms with E-state index in [1.165, 1.54) is 10.7 Å². The maximum atomic E-state index is 14.4. The zero-order chi connectivity index (χ0) is 21.6. The van der Waals surface area contributed by atoms with E-state index in [0.717, 1.165) is 25.0 Å². The molecule has 4 rings (SSSR count). The van der Waals surface area contributed by atoms with Crippen LogP contribution in [0.3, 0.4) is 0 Å². The van der Waals surface area contributed by atoms with Crippen LogP contribution in [0.1, 0.15) is 30.1 Å². The van der Waals surface area contributed by atoms with E-state index in [-0.39, 0.29) is 22.6 Å². The fraction of sp³-hybridized carbons (Fsp3) is 0.421. The second kappa shape index (κ2) is 7.63. The van der Waals surface area contributed by atoms with Gasteiger partial charge in [0.05, 0.1) is 12.6 Å². The van der Waals surface area contributed by atoms with Crippen molar-refractivity contribution >= 4 is 17.0 Å². The van der Waals surface area contributed by atoms with Crippen molar-refractivity contribution < 1.29 is 23.0 Å². The molecular formula is C19H20F3N5O3. The van der Waals surface area contributed by atoms with Gasteiger partial charge in [0.25, 0.3) is 5.56 Å². The average Bonchev–Trinajstić information content (AvgIpc) is 3.44. The largest absolute Gasteiger partial charge is 0.432 e. The van der Waals surface area contributed by atoms with Crippen LogP contribution in [0.15, 0.2) is 23.0 Å². The molecule has 0 spiro atoms. The van der Waals surface area contributed by atoms with E-state index in [0.29, 0.717) is 11.5 Å². The molecule has 11 heteroatoms. The van der Waals surface area contributed by atoms with Crippen LogP contribution >= 0.6 is 0 Å². The van der Waals surface area contributed by atoms with E-state index in [2.05, 4.69) is 19.8 Å². The number of anilines is 1. The van der Waals surface area contributed by atoms with E-state index in [9.17, 15) is 23.1 Å². The van der Waals surface area contributed by atoms with Gasteiger partial charge in [-0.15, -0.1) is 0 Å². The fourth-order valence-electron chi connectivity index (χ4n) is 3.54. The first-order valence-corrected chi connectivity index (χ1v) is 9.34. The number of hydrogen-bond donors (Lipinski definition) is 2. The van der Waals surface area contributed by atoms with Crippen molar-refractivity contribution in [3.63, 3.8) is 0 Å². The lowest BCUT2D eigenvalue weighted by molar-refractivity contribution is -0.0522. The fourth-order valence-corrected chi connectivity index (χ4v) is 3.54. The van der Waals surface area contributed by atoms with Crippen molar-refractivity contribution in [1.82, 2.24) is 19.7 Å². The molecular weight excluding hydrogens is 403 g/mol. The lowest BCUT2D eigenvalue weighted by Crippen LogP contribution is -2.21. The Morgan fingerprint density at radius 3 is 2.67 bits per heavy atom. The van der Waals surface area contributed by atoms with E-state index in [1.54, 1.807) is 19.0 Å². The summed E-state index contributed by atoms with van der Waals surface area (Å²) in [6.07, 6.45) is 1.70. The topological polar surface area (TPSA) is 96.3 Å². The number of alkyl halides is 2. The van der Waals surface area contributed by atoms with Crippen molar-refractivity contribution in [2.24, 2.45) is 5.92 Å². The van der Waals surface area contributed by atoms with E-state index in [4.69, 9.17) is 0 Å². The maximum Gasteiger partial charge on any atom is 0.387 e. The number of aromatic nitrogens is 4. The number of aromatic amines is 1. The Hall–Kier alpha value is -3.08. The lowest BCUT2D eigenvalue weighted by atomic mass is 10.0. The molecule has 3 aromatic rings. The molecule has 160 valence electrons. The van der Waals surface area contributed by atoms with Crippen LogP contribution < -0.4 is 15.2 Å². The first kappa shape index (κ1) is 20.2. The molecule has 0 amide bonds. The number of aliphatic hydroxyl groups is 1. The third-order valence-corrected chi connectivity index (χ3v) is 5.04. The molecule has 30 heavy (non-hydrogen) atoms. The summed E-state index contributed by atoms with van der Waals surface area (Å²) in [5.41, 5.74) is 0.462. The van der Waals surface area contributed by atoms with Gasteiger partial charge in [0.15, 0.2) is 17.2 Å². The van der Waals surface area contributed by atoms with E-state index in [1.807, 2.05) is 0 Å². The van der Waals surface area contributed by atoms with Gasteiger partial charge in [-0.1, -0.05) is 6.07 Å². The van der Waals surface area contributed by atoms with Crippen LogP contribution in [-0.4, -0.2) is 45.6 Å². The highest BCUT2D eigenvalue weighted by atomic mass is 19.3. The molecule has 2 heterocycles. The van der Waals surface area contributed by atoms with Gasteiger partial charge in [-0.3, -0.25) is 9.78 Å². The quantitative estimate of drug-likeness (QED) is 0.606. The SMILES string of the molecule is CN(C)c1nc2c(c(CO)nn2C(c2ccc(OC(F)F)c(F)c2)C2CC2)c(=O)[nH]1. The molecule has 1 aliphatic rings. The summed E-state index contributed by atoms with van der Waals surface area (Å²) < 4.78 is 45.0. The molecule has 8 nitrogen and oxygen atoms in total. The Morgan fingerprint density at radius 2 is 2.10 bits per heavy atom. The van der Waals surface area contributed by atoms with Gasteiger partial charge in [0, 0.05) is 14.1 Å². The molecule has 2 aromatic heterocycles. The zero-order valence-corrected chi connectivity index (χ0v) is 16.3. The first-order chi connectivity index (χ1) is 14.3. The second-order valence-electron chi connectivity index (χ2n) is 7.38. The zero-order valence-electron chi connectivity index (χ0n) is 16.3. The van der Waals surface area contributed by atoms with Crippen LogP contribution in [-0.2, 0) is 6.61 Å². The highest BCUT2D eigenvalue weighted by Crippen LogP contribution is 2.45. The molecule has 1 fully saturated rings. The molecule has 0 aliphatic heterocycles. The standard InChI is InChI=1S/C19H20F3N5O3/c1-26(2)19-23-16-14(17(29)24-19)12(8-28)25-27(16)15(9-3-4-9)10-5-6-13(11(20)7-10)30-18(21)22/h5-7,9,15,18,28H,3-4,8H2,1-2H3,(H,23,24,29). The van der Waals surface area contributed by atoms with Crippen molar-refractivity contribution in [1.29, 1.82) is 0 Å². The number of nitrogens with one attached hydrogen (secondary N) is 1. The molecule has 1 aliphatic carbocycles. The normalized spacial score (nSPS) is 15.0. The average molecular weight is 423 g/mol. The minimum Gasteiger partial charge on any atom is -0.432 e. The number of benzene rings is 1. The Balaban J connectivity index is 1.88. The number of aliphatic hydroxyl groups excluding tert-OH is 1. The van der Waals surface area contributed by atoms with Crippen LogP contribution in [0.4, 0.5) is 19.1 Å². The third-order valence-electron chi connectivity index (χ3n) is 5.04. The summed E-state index contributed by atoms with van der Waals surface area (Å²) in [6, 6.07) is 3.30. The molecule has 1 atom stereocenters. The van der Waals surface area contributed by atoms with Crippen molar-refractivity contribution in [2.75, 3.05) is 19.0 Å².